The van der Waals surface area contributed by atoms with Crippen LogP contribution in [0.3, 0.4) is 0 Å². The molecular formula is C17H18Cl2N3O4-. The van der Waals surface area contributed by atoms with Gasteiger partial charge in [-0.15, -0.1) is 12.4 Å². The molecule has 0 radical (unpaired) electrons. The fourth-order valence-corrected chi connectivity index (χ4v) is 2.39. The van der Waals surface area contributed by atoms with E-state index >= 15 is 0 Å². The van der Waals surface area contributed by atoms with Gasteiger partial charge in [0.1, 0.15) is 18.2 Å². The predicted octanol–water partition coefficient (Wildman–Crippen LogP) is 1.32. The van der Waals surface area contributed by atoms with Gasteiger partial charge in [-0.25, -0.2) is 0 Å². The molecule has 2 rings (SSSR count). The molecule has 5 N–H and O–H groups in total. The van der Waals surface area contributed by atoms with Crippen LogP contribution in [0.2, 0.25) is 5.02 Å². The normalized spacial score (nSPS) is 11.2. The summed E-state index contributed by atoms with van der Waals surface area (Å²) in [5.74, 6) is -1.18. The summed E-state index contributed by atoms with van der Waals surface area (Å²) < 4.78 is 5.38. The van der Waals surface area contributed by atoms with Gasteiger partial charge in [0.15, 0.2) is 0 Å². The maximum Gasteiger partial charge on any atom is 0.125 e. The van der Waals surface area contributed by atoms with E-state index in [1.54, 1.807) is 30.3 Å². The number of amidine groups is 1. The van der Waals surface area contributed by atoms with Gasteiger partial charge in [0.05, 0.1) is 18.6 Å². The second-order valence-electron chi connectivity index (χ2n) is 5.14. The quantitative estimate of drug-likeness (QED) is 0.391. The van der Waals surface area contributed by atoms with Crippen molar-refractivity contribution in [2.75, 3.05) is 18.5 Å². The molecule has 2 aromatic rings. The van der Waals surface area contributed by atoms with E-state index in [1.165, 1.54) is 12.1 Å². The molecule has 0 heterocycles. The number of rotatable bonds is 8. The van der Waals surface area contributed by atoms with Gasteiger partial charge in [-0.3, -0.25) is 5.41 Å². The van der Waals surface area contributed by atoms with Crippen molar-refractivity contribution in [3.63, 3.8) is 0 Å². The van der Waals surface area contributed by atoms with E-state index in [4.69, 9.17) is 32.6 Å². The molecule has 1 unspecified atom stereocenters. The lowest BCUT2D eigenvalue weighted by Crippen LogP contribution is -2.34. The number of carboxylic acids is 1. The maximum absolute atomic E-state index is 11.6. The Morgan fingerprint density at radius 3 is 2.50 bits per heavy atom. The summed E-state index contributed by atoms with van der Waals surface area (Å²) in [6.07, 6.45) is 0. The summed E-state index contributed by atoms with van der Waals surface area (Å²) in [4.78, 5) is 11.6. The number of aliphatic hydroxyl groups is 1. The number of anilines is 1. The zero-order chi connectivity index (χ0) is 18.4. The van der Waals surface area contributed by atoms with Crippen LogP contribution in [0.1, 0.15) is 17.2 Å². The highest BCUT2D eigenvalue weighted by Gasteiger charge is 2.18. The molecule has 1 atom stereocenters. The first-order valence-corrected chi connectivity index (χ1v) is 7.75. The molecule has 9 heteroatoms. The number of ether oxygens (including phenoxy) is 1. The van der Waals surface area contributed by atoms with Crippen molar-refractivity contribution < 1.29 is 19.7 Å². The molecule has 140 valence electrons. The zero-order valence-corrected chi connectivity index (χ0v) is 15.1. The van der Waals surface area contributed by atoms with Crippen molar-refractivity contribution in [3.05, 3.63) is 58.6 Å². The maximum atomic E-state index is 11.6. The summed E-state index contributed by atoms with van der Waals surface area (Å²) in [7, 11) is 0. The third-order valence-electron chi connectivity index (χ3n) is 3.37. The molecule has 2 aromatic carbocycles. The number of nitrogen functional groups attached to an aromatic ring is 1. The Balaban J connectivity index is 0.00000338. The monoisotopic (exact) mass is 398 g/mol. The third kappa shape index (κ3) is 5.52. The van der Waals surface area contributed by atoms with Crippen LogP contribution < -0.4 is 20.9 Å². The van der Waals surface area contributed by atoms with Crippen LogP contribution in [0.25, 0.3) is 0 Å². The number of nitrogens with one attached hydrogen (secondary N) is 2. The summed E-state index contributed by atoms with van der Waals surface area (Å²) in [5.41, 5.74) is 6.68. The van der Waals surface area contributed by atoms with Crippen LogP contribution >= 0.6 is 24.0 Å². The van der Waals surface area contributed by atoms with Gasteiger partial charge in [0, 0.05) is 21.8 Å². The summed E-state index contributed by atoms with van der Waals surface area (Å²) in [6.45, 7) is -0.195. The van der Waals surface area contributed by atoms with Crippen LogP contribution in [0, 0.1) is 5.41 Å². The van der Waals surface area contributed by atoms with Crippen LogP contribution in [-0.4, -0.2) is 30.1 Å². The number of nitrogens with two attached hydrogens (primary N) is 1. The van der Waals surface area contributed by atoms with E-state index in [0.29, 0.717) is 16.3 Å². The number of benzene rings is 2. The predicted molar refractivity (Wildman–Crippen MR) is 100 cm³/mol. The fraction of sp³-hybridized carbons (Fsp3) is 0.176. The molecule has 0 aliphatic carbocycles. The second kappa shape index (κ2) is 9.86. The van der Waals surface area contributed by atoms with Gasteiger partial charge >= 0.3 is 0 Å². The van der Waals surface area contributed by atoms with E-state index in [9.17, 15) is 9.90 Å². The first kappa shape index (κ1) is 21.6. The number of carboxylic acid groups (broad SMARTS) is 1. The number of carbonyl (C=O) groups excluding carboxylic acids is 1. The van der Waals surface area contributed by atoms with Gasteiger partial charge in [0.2, 0.25) is 0 Å². The van der Waals surface area contributed by atoms with Crippen LogP contribution in [0.15, 0.2) is 42.5 Å². The highest BCUT2D eigenvalue weighted by atomic mass is 35.5. The highest BCUT2D eigenvalue weighted by molar-refractivity contribution is 6.30. The lowest BCUT2D eigenvalue weighted by molar-refractivity contribution is -0.307. The molecule has 0 fully saturated rings. The molecule has 0 saturated heterocycles. The number of aliphatic hydroxyl groups excluding tert-OH is 1. The number of carbonyl (C=O) groups is 1. The Labute approximate surface area is 161 Å². The Morgan fingerprint density at radius 1 is 1.31 bits per heavy atom. The number of hydrogen-bond donors (Lipinski definition) is 4. The summed E-state index contributed by atoms with van der Waals surface area (Å²) in [5, 5.41) is 31.1. The van der Waals surface area contributed by atoms with Gasteiger partial charge in [-0.05, 0) is 42.5 Å². The minimum atomic E-state index is -1.37. The SMILES string of the molecule is Cl.N=C(N)c1ccc(NC(C(=O)[O-])c2cc(Cl)ccc2OCCO)cc1. The molecule has 0 aliphatic heterocycles. The zero-order valence-electron chi connectivity index (χ0n) is 13.6. The summed E-state index contributed by atoms with van der Waals surface area (Å²) >= 11 is 5.97. The van der Waals surface area contributed by atoms with Crippen molar-refractivity contribution in [3.8, 4) is 5.75 Å². The number of aliphatic carboxylic acids is 1. The van der Waals surface area contributed by atoms with Crippen molar-refractivity contribution >= 4 is 41.5 Å². The molecule has 26 heavy (non-hydrogen) atoms. The van der Waals surface area contributed by atoms with Gasteiger partial charge in [-0.1, -0.05) is 11.6 Å². The molecule has 7 nitrogen and oxygen atoms in total. The lowest BCUT2D eigenvalue weighted by atomic mass is 10.0. The van der Waals surface area contributed by atoms with Gasteiger partial charge < -0.3 is 30.8 Å². The Bertz CT molecular complexity index is 769. The first-order valence-electron chi connectivity index (χ1n) is 7.37. The molecule has 0 aliphatic rings. The standard InChI is InChI=1S/C17H18ClN3O4.ClH/c18-11-3-6-14(25-8-7-22)13(9-11)15(17(23)24)21-12-4-1-10(2-5-12)16(19)20;/h1-6,9,15,21-22H,7-8H2,(H3,19,20)(H,23,24);1H/p-1. The van der Waals surface area contributed by atoms with E-state index in [1.807, 2.05) is 0 Å². The fourth-order valence-electron chi connectivity index (χ4n) is 2.21. The molecule has 0 bridgehead atoms. The topological polar surface area (TPSA) is 131 Å². The van der Waals surface area contributed by atoms with Gasteiger partial charge in [-0.2, -0.15) is 0 Å². The van der Waals surface area contributed by atoms with Gasteiger partial charge in [0.25, 0.3) is 0 Å². The average Bonchev–Trinajstić information content (AvgIpc) is 2.58. The van der Waals surface area contributed by atoms with Crippen LogP contribution in [0.5, 0.6) is 5.75 Å². The molecule has 0 aromatic heterocycles. The minimum absolute atomic E-state index is 0. The van der Waals surface area contributed by atoms with Crippen molar-refractivity contribution in [2.45, 2.75) is 6.04 Å². The van der Waals surface area contributed by atoms with Crippen molar-refractivity contribution in [2.24, 2.45) is 5.73 Å². The Kier molecular flexibility index (Phi) is 8.18. The smallest absolute Gasteiger partial charge is 0.125 e. The van der Waals surface area contributed by atoms with E-state index in [0.717, 1.165) is 0 Å². The van der Waals surface area contributed by atoms with Crippen molar-refractivity contribution in [1.29, 1.82) is 5.41 Å². The molecule has 0 saturated carbocycles. The number of hydrogen-bond acceptors (Lipinski definition) is 6. The van der Waals surface area contributed by atoms with E-state index in [2.05, 4.69) is 5.32 Å². The average molecular weight is 399 g/mol. The highest BCUT2D eigenvalue weighted by Crippen LogP contribution is 2.31. The van der Waals surface area contributed by atoms with E-state index < -0.39 is 12.0 Å². The minimum Gasteiger partial charge on any atom is -0.548 e. The number of halogens is 2. The van der Waals surface area contributed by atoms with Crippen LogP contribution in [0.4, 0.5) is 5.69 Å². The largest absolute Gasteiger partial charge is 0.548 e. The lowest BCUT2D eigenvalue weighted by Gasteiger charge is -2.24. The molecular weight excluding hydrogens is 381 g/mol. The Morgan fingerprint density at radius 2 is 1.96 bits per heavy atom. The Hall–Kier alpha value is -2.48. The molecule has 0 amide bonds. The second-order valence-corrected chi connectivity index (χ2v) is 5.58. The van der Waals surface area contributed by atoms with E-state index in [-0.39, 0.29) is 42.8 Å². The molecule has 0 spiro atoms. The first-order chi connectivity index (χ1) is 11.9. The van der Waals surface area contributed by atoms with Crippen LogP contribution in [-0.2, 0) is 4.79 Å². The summed E-state index contributed by atoms with van der Waals surface area (Å²) in [6, 6.07) is 9.73. The third-order valence-corrected chi connectivity index (χ3v) is 3.61. The van der Waals surface area contributed by atoms with Crippen molar-refractivity contribution in [1.82, 2.24) is 0 Å².